The zero-order valence-corrected chi connectivity index (χ0v) is 10.1. The summed E-state index contributed by atoms with van der Waals surface area (Å²) in [6.45, 7) is 1.94. The normalized spacial score (nSPS) is 15.9. The zero-order valence-electron chi connectivity index (χ0n) is 7.18. The van der Waals surface area contributed by atoms with E-state index in [0.717, 1.165) is 27.9 Å². The second-order valence-corrected chi connectivity index (χ2v) is 4.68. The van der Waals surface area contributed by atoms with Gasteiger partial charge in [0.2, 0.25) is 0 Å². The molecule has 13 heavy (non-hydrogen) atoms. The summed E-state index contributed by atoms with van der Waals surface area (Å²) >= 11 is 8.17. The fourth-order valence-corrected chi connectivity index (χ4v) is 1.61. The molecule has 0 unspecified atom stereocenters. The second-order valence-electron chi connectivity index (χ2n) is 3.16. The van der Waals surface area contributed by atoms with E-state index in [1.165, 1.54) is 0 Å². The molecular weight excluding hydrogens is 300 g/mol. The van der Waals surface area contributed by atoms with Gasteiger partial charge in [0.05, 0.1) is 11.8 Å². The highest BCUT2D eigenvalue weighted by atomic mass is 127. The van der Waals surface area contributed by atoms with E-state index in [1.54, 1.807) is 0 Å². The van der Waals surface area contributed by atoms with Crippen molar-refractivity contribution in [3.05, 3.63) is 20.5 Å². The lowest BCUT2D eigenvalue weighted by Gasteiger charge is -2.07. The quantitative estimate of drug-likeness (QED) is 0.618. The first-order chi connectivity index (χ1) is 6.16. The van der Waals surface area contributed by atoms with Crippen molar-refractivity contribution in [2.75, 3.05) is 0 Å². The van der Waals surface area contributed by atoms with Crippen LogP contribution in [0.1, 0.15) is 18.5 Å². The lowest BCUT2D eigenvalue weighted by Crippen LogP contribution is -1.99. The van der Waals surface area contributed by atoms with Crippen molar-refractivity contribution in [3.63, 3.8) is 0 Å². The minimum absolute atomic E-state index is 0.373. The molecule has 1 aliphatic rings. The molecule has 1 fully saturated rings. The number of aromatic nitrogens is 1. The number of hydrogen-bond acceptors (Lipinski definition) is 2. The molecule has 1 saturated carbocycles. The summed E-state index contributed by atoms with van der Waals surface area (Å²) in [7, 11) is 0. The van der Waals surface area contributed by atoms with Gasteiger partial charge in [0.25, 0.3) is 0 Å². The lowest BCUT2D eigenvalue weighted by atomic mass is 10.4. The fourth-order valence-electron chi connectivity index (χ4n) is 0.983. The first-order valence-electron chi connectivity index (χ1n) is 4.16. The molecule has 0 aromatic carbocycles. The number of nitrogens with zero attached hydrogens (tertiary/aromatic N) is 1. The van der Waals surface area contributed by atoms with Gasteiger partial charge >= 0.3 is 0 Å². The first-order valence-corrected chi connectivity index (χ1v) is 5.62. The van der Waals surface area contributed by atoms with Gasteiger partial charge in [0, 0.05) is 3.57 Å². The third kappa shape index (κ3) is 2.26. The van der Waals surface area contributed by atoms with Gasteiger partial charge in [0.15, 0.2) is 10.9 Å². The summed E-state index contributed by atoms with van der Waals surface area (Å²) < 4.78 is 6.69. The van der Waals surface area contributed by atoms with Crippen LogP contribution in [0.25, 0.3) is 0 Å². The average molecular weight is 310 g/mol. The Balaban J connectivity index is 2.27. The standard InChI is InChI=1S/C9H9ClINO/c1-5-7(11)4-8(9(10)12-5)13-6-2-3-6/h4,6H,2-3H2,1H3. The Hall–Kier alpha value is -0.0300. The van der Waals surface area contributed by atoms with Crippen LogP contribution in [0.15, 0.2) is 6.07 Å². The largest absolute Gasteiger partial charge is 0.487 e. The molecule has 0 saturated heterocycles. The van der Waals surface area contributed by atoms with Crippen molar-refractivity contribution in [2.24, 2.45) is 0 Å². The summed E-state index contributed by atoms with van der Waals surface area (Å²) in [5.41, 5.74) is 0.953. The Morgan fingerprint density at radius 2 is 2.31 bits per heavy atom. The second kappa shape index (κ2) is 3.61. The van der Waals surface area contributed by atoms with Crippen molar-refractivity contribution < 1.29 is 4.74 Å². The maximum Gasteiger partial charge on any atom is 0.171 e. The number of pyridine rings is 1. The number of ether oxygens (including phenoxy) is 1. The molecule has 70 valence electrons. The van der Waals surface area contributed by atoms with Gasteiger partial charge in [-0.25, -0.2) is 4.98 Å². The average Bonchev–Trinajstić information content (AvgIpc) is 2.84. The van der Waals surface area contributed by atoms with Crippen molar-refractivity contribution >= 4 is 34.2 Å². The maximum atomic E-state index is 5.93. The highest BCUT2D eigenvalue weighted by molar-refractivity contribution is 14.1. The molecule has 2 nitrogen and oxygen atoms in total. The zero-order chi connectivity index (χ0) is 9.42. The Kier molecular flexibility index (Phi) is 2.65. The fraction of sp³-hybridized carbons (Fsp3) is 0.444. The molecule has 4 heteroatoms. The molecule has 1 heterocycles. The van der Waals surface area contributed by atoms with E-state index >= 15 is 0 Å². The van der Waals surface area contributed by atoms with Crippen LogP contribution < -0.4 is 4.74 Å². The molecule has 0 bridgehead atoms. The topological polar surface area (TPSA) is 22.1 Å². The van der Waals surface area contributed by atoms with Gasteiger partial charge in [-0.1, -0.05) is 11.6 Å². The van der Waals surface area contributed by atoms with Gasteiger partial charge in [-0.2, -0.15) is 0 Å². The smallest absolute Gasteiger partial charge is 0.171 e. The molecule has 0 N–H and O–H groups in total. The summed E-state index contributed by atoms with van der Waals surface area (Å²) in [4.78, 5) is 4.19. The van der Waals surface area contributed by atoms with Gasteiger partial charge in [-0.15, -0.1) is 0 Å². The van der Waals surface area contributed by atoms with E-state index in [1.807, 2.05) is 13.0 Å². The third-order valence-electron chi connectivity index (χ3n) is 1.89. The van der Waals surface area contributed by atoms with E-state index in [9.17, 15) is 0 Å². The van der Waals surface area contributed by atoms with Crippen molar-refractivity contribution in [1.29, 1.82) is 0 Å². The highest BCUT2D eigenvalue weighted by Crippen LogP contribution is 2.32. The number of halogens is 2. The van der Waals surface area contributed by atoms with E-state index in [2.05, 4.69) is 27.6 Å². The van der Waals surface area contributed by atoms with Crippen molar-refractivity contribution in [2.45, 2.75) is 25.9 Å². The molecule has 2 rings (SSSR count). The maximum absolute atomic E-state index is 5.93. The summed E-state index contributed by atoms with van der Waals surface area (Å²) in [6.07, 6.45) is 2.65. The van der Waals surface area contributed by atoms with Crippen LogP contribution >= 0.6 is 34.2 Å². The number of aryl methyl sites for hydroxylation is 1. The predicted molar refractivity (Wildman–Crippen MR) is 60.4 cm³/mol. The molecule has 0 amide bonds. The van der Waals surface area contributed by atoms with E-state index < -0.39 is 0 Å². The predicted octanol–water partition coefficient (Wildman–Crippen LogP) is 3.19. The molecule has 0 spiro atoms. The molecule has 0 radical (unpaired) electrons. The first kappa shape index (κ1) is 9.52. The summed E-state index contributed by atoms with van der Waals surface area (Å²) in [5, 5.41) is 0.477. The van der Waals surface area contributed by atoms with Crippen LogP contribution in [0, 0.1) is 10.5 Å². The van der Waals surface area contributed by atoms with E-state index in [-0.39, 0.29) is 0 Å². The van der Waals surface area contributed by atoms with E-state index in [4.69, 9.17) is 16.3 Å². The Morgan fingerprint density at radius 1 is 1.62 bits per heavy atom. The molecule has 1 aromatic heterocycles. The number of rotatable bonds is 2. The Bertz CT molecular complexity index is 339. The summed E-state index contributed by atoms with van der Waals surface area (Å²) in [5.74, 6) is 0.721. The minimum Gasteiger partial charge on any atom is -0.487 e. The van der Waals surface area contributed by atoms with Crippen LogP contribution in [-0.4, -0.2) is 11.1 Å². The Morgan fingerprint density at radius 3 is 2.92 bits per heavy atom. The van der Waals surface area contributed by atoms with Crippen LogP contribution in [0.5, 0.6) is 5.75 Å². The van der Waals surface area contributed by atoms with Crippen molar-refractivity contribution in [3.8, 4) is 5.75 Å². The van der Waals surface area contributed by atoms with Gasteiger partial charge in [0.1, 0.15) is 0 Å². The molecule has 0 aliphatic heterocycles. The van der Waals surface area contributed by atoms with E-state index in [0.29, 0.717) is 11.3 Å². The van der Waals surface area contributed by atoms with Gasteiger partial charge in [-0.3, -0.25) is 0 Å². The minimum atomic E-state index is 0.373. The molecular formula is C9H9ClINO. The van der Waals surface area contributed by atoms with Gasteiger partial charge < -0.3 is 4.74 Å². The lowest BCUT2D eigenvalue weighted by molar-refractivity contribution is 0.302. The number of hydrogen-bond donors (Lipinski definition) is 0. The molecule has 1 aromatic rings. The molecule has 1 aliphatic carbocycles. The van der Waals surface area contributed by atoms with Crippen LogP contribution in [0.2, 0.25) is 5.15 Å². The van der Waals surface area contributed by atoms with Crippen molar-refractivity contribution in [1.82, 2.24) is 4.98 Å². The third-order valence-corrected chi connectivity index (χ3v) is 3.25. The van der Waals surface area contributed by atoms with Gasteiger partial charge in [-0.05, 0) is 48.4 Å². The van der Waals surface area contributed by atoms with Crippen LogP contribution in [0.3, 0.4) is 0 Å². The Labute approximate surface area is 95.8 Å². The van der Waals surface area contributed by atoms with Crippen LogP contribution in [-0.2, 0) is 0 Å². The molecule has 0 atom stereocenters. The highest BCUT2D eigenvalue weighted by Gasteiger charge is 2.24. The monoisotopic (exact) mass is 309 g/mol. The van der Waals surface area contributed by atoms with Crippen LogP contribution in [0.4, 0.5) is 0 Å². The summed E-state index contributed by atoms with van der Waals surface area (Å²) in [6, 6.07) is 1.95. The SMILES string of the molecule is Cc1nc(Cl)c(OC2CC2)cc1I.